The van der Waals surface area contributed by atoms with Crippen molar-refractivity contribution in [3.05, 3.63) is 69.8 Å². The Labute approximate surface area is 154 Å². The zero-order valence-electron chi connectivity index (χ0n) is 14.5. The molecule has 8 heteroatoms. The van der Waals surface area contributed by atoms with Crippen LogP contribution in [0.1, 0.15) is 29.8 Å². The molecule has 0 unspecified atom stereocenters. The van der Waals surface area contributed by atoms with Gasteiger partial charge in [0.2, 0.25) is 0 Å². The van der Waals surface area contributed by atoms with Crippen molar-refractivity contribution in [2.24, 2.45) is 0 Å². The molecular formula is C19H15NO7. The van der Waals surface area contributed by atoms with E-state index in [-0.39, 0.29) is 17.1 Å². The van der Waals surface area contributed by atoms with Gasteiger partial charge in [-0.05, 0) is 17.7 Å². The first-order valence-corrected chi connectivity index (χ1v) is 7.74. The molecule has 2 aromatic carbocycles. The van der Waals surface area contributed by atoms with Gasteiger partial charge in [-0.25, -0.2) is 0 Å². The van der Waals surface area contributed by atoms with Crippen LogP contribution in [0.3, 0.4) is 0 Å². The third kappa shape index (κ3) is 5.33. The summed E-state index contributed by atoms with van der Waals surface area (Å²) in [7, 11) is 0. The Morgan fingerprint density at radius 1 is 1.00 bits per heavy atom. The van der Waals surface area contributed by atoms with Gasteiger partial charge in [-0.1, -0.05) is 36.4 Å². The summed E-state index contributed by atoms with van der Waals surface area (Å²) in [6.07, 6.45) is 2.57. The molecule has 0 N–H and O–H groups in total. The number of nitrogens with zero attached hydrogens (tertiary/aromatic N) is 1. The summed E-state index contributed by atoms with van der Waals surface area (Å²) in [6, 6.07) is 10.8. The Kier molecular flexibility index (Phi) is 6.16. The van der Waals surface area contributed by atoms with E-state index >= 15 is 0 Å². The van der Waals surface area contributed by atoms with E-state index in [2.05, 4.69) is 0 Å². The fourth-order valence-electron chi connectivity index (χ4n) is 2.19. The molecular weight excluding hydrogens is 354 g/mol. The van der Waals surface area contributed by atoms with Crippen molar-refractivity contribution >= 4 is 29.5 Å². The minimum atomic E-state index is -0.811. The summed E-state index contributed by atoms with van der Waals surface area (Å²) < 4.78 is 9.77. The summed E-state index contributed by atoms with van der Waals surface area (Å²) in [5.41, 5.74) is 0.0916. The molecule has 0 aliphatic rings. The molecule has 0 aromatic heterocycles. The van der Waals surface area contributed by atoms with E-state index < -0.39 is 28.3 Å². The van der Waals surface area contributed by atoms with E-state index in [1.165, 1.54) is 18.2 Å². The molecule has 0 radical (unpaired) electrons. The van der Waals surface area contributed by atoms with E-state index in [4.69, 9.17) is 9.47 Å². The van der Waals surface area contributed by atoms with Gasteiger partial charge in [0.1, 0.15) is 0 Å². The standard InChI is InChI=1S/C19H15NO7/c1-12(21)26-18-11-14(8-9-17(23)15-6-4-3-5-7-15)10-16(20(24)25)19(18)27-13(2)22/h3-11H,1-2H3/b9-8+. The van der Waals surface area contributed by atoms with Crippen molar-refractivity contribution in [2.75, 3.05) is 0 Å². The smallest absolute Gasteiger partial charge is 0.316 e. The topological polar surface area (TPSA) is 113 Å². The summed E-state index contributed by atoms with van der Waals surface area (Å²) in [6.45, 7) is 2.17. The summed E-state index contributed by atoms with van der Waals surface area (Å²) in [5.74, 6) is -2.64. The maximum Gasteiger partial charge on any atom is 0.316 e. The molecule has 2 aromatic rings. The highest BCUT2D eigenvalue weighted by atomic mass is 16.6. The molecule has 0 heterocycles. The first kappa shape index (κ1) is 19.5. The maximum absolute atomic E-state index is 12.1. The molecule has 0 spiro atoms. The zero-order chi connectivity index (χ0) is 20.0. The Hall–Kier alpha value is -3.81. The van der Waals surface area contributed by atoms with Crippen molar-refractivity contribution < 1.29 is 28.8 Å². The summed E-state index contributed by atoms with van der Waals surface area (Å²) in [4.78, 5) is 45.2. The van der Waals surface area contributed by atoms with Gasteiger partial charge in [0.15, 0.2) is 11.5 Å². The van der Waals surface area contributed by atoms with Crippen LogP contribution >= 0.6 is 0 Å². The number of carbonyl (C=O) groups excluding carboxylic acids is 3. The minimum Gasteiger partial charge on any atom is -0.422 e. The lowest BCUT2D eigenvalue weighted by Crippen LogP contribution is -2.09. The van der Waals surface area contributed by atoms with Gasteiger partial charge in [-0.3, -0.25) is 24.5 Å². The van der Waals surface area contributed by atoms with Crippen molar-refractivity contribution in [2.45, 2.75) is 13.8 Å². The van der Waals surface area contributed by atoms with E-state index in [0.29, 0.717) is 5.56 Å². The lowest BCUT2D eigenvalue weighted by Gasteiger charge is -2.10. The van der Waals surface area contributed by atoms with Crippen LogP contribution in [0.15, 0.2) is 48.5 Å². The number of hydrogen-bond acceptors (Lipinski definition) is 7. The Morgan fingerprint density at radius 2 is 1.63 bits per heavy atom. The van der Waals surface area contributed by atoms with Crippen molar-refractivity contribution in [3.63, 3.8) is 0 Å². The first-order valence-electron chi connectivity index (χ1n) is 7.74. The van der Waals surface area contributed by atoms with Gasteiger partial charge in [-0.15, -0.1) is 0 Å². The van der Waals surface area contributed by atoms with Crippen LogP contribution in [0.4, 0.5) is 5.69 Å². The third-order valence-corrected chi connectivity index (χ3v) is 3.24. The van der Waals surface area contributed by atoms with Gasteiger partial charge in [0, 0.05) is 25.5 Å². The molecule has 2 rings (SSSR count). The Balaban J connectivity index is 2.47. The van der Waals surface area contributed by atoms with Crippen LogP contribution in [0, 0.1) is 10.1 Å². The second-order valence-corrected chi connectivity index (χ2v) is 5.38. The van der Waals surface area contributed by atoms with Gasteiger partial charge in [-0.2, -0.15) is 0 Å². The largest absolute Gasteiger partial charge is 0.422 e. The molecule has 0 amide bonds. The fraction of sp³-hybridized carbons (Fsp3) is 0.105. The summed E-state index contributed by atoms with van der Waals surface area (Å²) >= 11 is 0. The van der Waals surface area contributed by atoms with Crippen LogP contribution in [0.5, 0.6) is 11.5 Å². The van der Waals surface area contributed by atoms with Crippen molar-refractivity contribution in [1.82, 2.24) is 0 Å². The number of carbonyl (C=O) groups is 3. The molecule has 0 aliphatic carbocycles. The van der Waals surface area contributed by atoms with E-state index in [1.54, 1.807) is 30.3 Å². The number of hydrogen-bond donors (Lipinski definition) is 0. The highest BCUT2D eigenvalue weighted by Crippen LogP contribution is 2.39. The molecule has 0 fully saturated rings. The third-order valence-electron chi connectivity index (χ3n) is 3.24. The van der Waals surface area contributed by atoms with E-state index in [9.17, 15) is 24.5 Å². The highest BCUT2D eigenvalue weighted by Gasteiger charge is 2.24. The minimum absolute atomic E-state index is 0.220. The van der Waals surface area contributed by atoms with Crippen LogP contribution in [-0.2, 0) is 9.59 Å². The molecule has 0 saturated heterocycles. The lowest BCUT2D eigenvalue weighted by atomic mass is 10.1. The van der Waals surface area contributed by atoms with Crippen LogP contribution in [-0.4, -0.2) is 22.6 Å². The van der Waals surface area contributed by atoms with Gasteiger partial charge in [0.25, 0.3) is 5.75 Å². The van der Waals surface area contributed by atoms with Gasteiger partial charge < -0.3 is 9.47 Å². The number of nitro groups is 1. The quantitative estimate of drug-likeness (QED) is 0.192. The molecule has 0 bridgehead atoms. The number of ether oxygens (including phenoxy) is 2. The zero-order valence-corrected chi connectivity index (χ0v) is 14.5. The lowest BCUT2D eigenvalue weighted by molar-refractivity contribution is -0.385. The van der Waals surface area contributed by atoms with Gasteiger partial charge in [0.05, 0.1) is 4.92 Å². The average molecular weight is 369 g/mol. The number of rotatable bonds is 6. The second-order valence-electron chi connectivity index (χ2n) is 5.38. The van der Waals surface area contributed by atoms with Gasteiger partial charge >= 0.3 is 17.6 Å². The monoisotopic (exact) mass is 369 g/mol. The predicted molar refractivity (Wildman–Crippen MR) is 95.5 cm³/mol. The number of benzene rings is 2. The van der Waals surface area contributed by atoms with Crippen LogP contribution in [0.2, 0.25) is 0 Å². The number of esters is 2. The Morgan fingerprint density at radius 3 is 2.19 bits per heavy atom. The number of nitro benzene ring substituents is 1. The predicted octanol–water partition coefficient (Wildman–Crippen LogP) is 3.34. The van der Waals surface area contributed by atoms with Crippen molar-refractivity contribution in [3.8, 4) is 11.5 Å². The average Bonchev–Trinajstić information content (AvgIpc) is 2.61. The molecule has 0 saturated carbocycles. The van der Waals surface area contributed by atoms with Crippen molar-refractivity contribution in [1.29, 1.82) is 0 Å². The Bertz CT molecular complexity index is 933. The molecule has 0 aliphatic heterocycles. The molecule has 8 nitrogen and oxygen atoms in total. The van der Waals surface area contributed by atoms with Crippen LogP contribution in [0.25, 0.3) is 6.08 Å². The highest BCUT2D eigenvalue weighted by molar-refractivity contribution is 6.06. The first-order chi connectivity index (χ1) is 12.8. The molecule has 0 atom stereocenters. The number of ketones is 1. The SMILES string of the molecule is CC(=O)Oc1cc(/C=C/C(=O)c2ccccc2)cc([N+](=O)[O-])c1OC(C)=O. The second kappa shape index (κ2) is 8.52. The normalized spacial score (nSPS) is 10.4. The van der Waals surface area contributed by atoms with E-state index in [0.717, 1.165) is 19.9 Å². The summed E-state index contributed by atoms with van der Waals surface area (Å²) in [5, 5.41) is 11.3. The molecule has 138 valence electrons. The van der Waals surface area contributed by atoms with E-state index in [1.807, 2.05) is 0 Å². The fourth-order valence-corrected chi connectivity index (χ4v) is 2.19. The molecule has 27 heavy (non-hydrogen) atoms. The maximum atomic E-state index is 12.1. The van der Waals surface area contributed by atoms with Crippen LogP contribution < -0.4 is 9.47 Å². The number of allylic oxidation sites excluding steroid dienone is 1.